The van der Waals surface area contributed by atoms with Crippen molar-refractivity contribution in [1.82, 2.24) is 4.98 Å². The van der Waals surface area contributed by atoms with E-state index < -0.39 is 5.97 Å². The highest BCUT2D eigenvalue weighted by Gasteiger charge is 2.09. The zero-order valence-corrected chi connectivity index (χ0v) is 12.6. The topological polar surface area (TPSA) is 59.4 Å². The van der Waals surface area contributed by atoms with E-state index >= 15 is 0 Å². The zero-order valence-electron chi connectivity index (χ0n) is 11.8. The van der Waals surface area contributed by atoms with Crippen LogP contribution in [0.5, 0.6) is 0 Å². The van der Waals surface area contributed by atoms with Gasteiger partial charge in [0, 0.05) is 19.6 Å². The van der Waals surface area contributed by atoms with Crippen molar-refractivity contribution in [3.63, 3.8) is 0 Å². The molecule has 0 amide bonds. The number of nitrogens with zero attached hydrogens (tertiary/aromatic N) is 1. The third kappa shape index (κ3) is 4.81. The first kappa shape index (κ1) is 15.4. The van der Waals surface area contributed by atoms with Crippen molar-refractivity contribution in [3.05, 3.63) is 57.6 Å². The first-order valence-electron chi connectivity index (χ1n) is 6.61. The molecule has 4 nitrogen and oxygen atoms in total. The van der Waals surface area contributed by atoms with Gasteiger partial charge in [-0.05, 0) is 18.1 Å². The van der Waals surface area contributed by atoms with Crippen molar-refractivity contribution in [3.8, 4) is 0 Å². The molecule has 0 spiro atoms. The zero-order chi connectivity index (χ0) is 15.1. The Labute approximate surface area is 127 Å². The predicted molar refractivity (Wildman–Crippen MR) is 83.3 cm³/mol. The molecule has 0 atom stereocenters. The monoisotopic (exact) mass is 303 g/mol. The Balaban J connectivity index is 2.09. The van der Waals surface area contributed by atoms with Crippen molar-refractivity contribution in [2.75, 3.05) is 7.11 Å². The number of methoxy groups -OCH3 is 1. The Kier molecular flexibility index (Phi) is 5.66. The quantitative estimate of drug-likeness (QED) is 0.798. The Hall–Kier alpha value is -1.98. The lowest BCUT2D eigenvalue weighted by molar-refractivity contribution is -0.131. The molecular weight excluding hydrogens is 286 g/mol. The highest BCUT2D eigenvalue weighted by molar-refractivity contribution is 7.12. The van der Waals surface area contributed by atoms with Gasteiger partial charge in [0.15, 0.2) is 0 Å². The molecule has 0 saturated carbocycles. The standard InChI is InChI=1S/C16H17NO3S/c1-20-11-13-14(8-10-16(18)19)21-15(17-13)9-7-12-5-3-2-4-6-12/h2-6,8,10H,7,9,11H2,1H3,(H,18,19)/b10-8+. The average Bonchev–Trinajstić information content (AvgIpc) is 2.87. The molecule has 21 heavy (non-hydrogen) atoms. The van der Waals surface area contributed by atoms with Gasteiger partial charge in [0.05, 0.1) is 22.2 Å². The highest BCUT2D eigenvalue weighted by atomic mass is 32.1. The Morgan fingerprint density at radius 2 is 2.10 bits per heavy atom. The minimum atomic E-state index is -0.961. The summed E-state index contributed by atoms with van der Waals surface area (Å²) in [4.78, 5) is 16.0. The summed E-state index contributed by atoms with van der Waals surface area (Å²) in [6, 6.07) is 10.2. The third-order valence-corrected chi connectivity index (χ3v) is 4.02. The second-order valence-corrected chi connectivity index (χ2v) is 5.62. The van der Waals surface area contributed by atoms with Crippen LogP contribution >= 0.6 is 11.3 Å². The summed E-state index contributed by atoms with van der Waals surface area (Å²) in [6.45, 7) is 0.390. The minimum absolute atomic E-state index is 0.390. The fraction of sp³-hybridized carbons (Fsp3) is 0.250. The van der Waals surface area contributed by atoms with Crippen LogP contribution in [0, 0.1) is 0 Å². The summed E-state index contributed by atoms with van der Waals surface area (Å²) in [5.74, 6) is -0.961. The first-order chi connectivity index (χ1) is 10.2. The number of carbonyl (C=O) groups is 1. The molecule has 2 rings (SSSR count). The molecule has 2 aromatic rings. The fourth-order valence-corrected chi connectivity index (χ4v) is 2.91. The van der Waals surface area contributed by atoms with Crippen LogP contribution in [-0.4, -0.2) is 23.2 Å². The minimum Gasteiger partial charge on any atom is -0.478 e. The predicted octanol–water partition coefficient (Wildman–Crippen LogP) is 3.17. The summed E-state index contributed by atoms with van der Waals surface area (Å²) in [5.41, 5.74) is 2.06. The van der Waals surface area contributed by atoms with E-state index in [1.165, 1.54) is 16.9 Å². The van der Waals surface area contributed by atoms with E-state index in [0.717, 1.165) is 34.5 Å². The second-order valence-electron chi connectivity index (χ2n) is 4.51. The molecule has 1 N–H and O–H groups in total. The number of carboxylic acids is 1. The molecule has 0 unspecified atom stereocenters. The molecule has 1 heterocycles. The van der Waals surface area contributed by atoms with Crippen molar-refractivity contribution in [2.24, 2.45) is 0 Å². The highest BCUT2D eigenvalue weighted by Crippen LogP contribution is 2.22. The summed E-state index contributed by atoms with van der Waals surface area (Å²) < 4.78 is 5.11. The van der Waals surface area contributed by atoms with Crippen molar-refractivity contribution in [1.29, 1.82) is 0 Å². The molecule has 0 saturated heterocycles. The molecule has 0 aliphatic rings. The first-order valence-corrected chi connectivity index (χ1v) is 7.43. The van der Waals surface area contributed by atoms with E-state index in [1.54, 1.807) is 13.2 Å². The van der Waals surface area contributed by atoms with Gasteiger partial charge in [0.25, 0.3) is 0 Å². The number of aliphatic carboxylic acids is 1. The SMILES string of the molecule is COCc1nc(CCc2ccccc2)sc1/C=C/C(=O)O. The summed E-state index contributed by atoms with van der Waals surface area (Å²) in [7, 11) is 1.60. The van der Waals surface area contributed by atoms with Crippen molar-refractivity contribution >= 4 is 23.4 Å². The van der Waals surface area contributed by atoms with Gasteiger partial charge < -0.3 is 9.84 Å². The number of ether oxygens (including phenoxy) is 1. The average molecular weight is 303 g/mol. The van der Waals surface area contributed by atoms with Gasteiger partial charge in [-0.1, -0.05) is 30.3 Å². The van der Waals surface area contributed by atoms with E-state index in [0.29, 0.717) is 6.61 Å². The van der Waals surface area contributed by atoms with Crippen LogP contribution in [0.4, 0.5) is 0 Å². The molecule has 110 valence electrons. The van der Waals surface area contributed by atoms with Gasteiger partial charge in [0.1, 0.15) is 0 Å². The Morgan fingerprint density at radius 1 is 1.33 bits per heavy atom. The number of rotatable bonds is 7. The maximum atomic E-state index is 10.6. The molecule has 0 aliphatic heterocycles. The van der Waals surface area contributed by atoms with E-state index in [9.17, 15) is 4.79 Å². The van der Waals surface area contributed by atoms with Crippen LogP contribution in [0.25, 0.3) is 6.08 Å². The Morgan fingerprint density at radius 3 is 2.76 bits per heavy atom. The van der Waals surface area contributed by atoms with Gasteiger partial charge >= 0.3 is 5.97 Å². The van der Waals surface area contributed by atoms with Crippen LogP contribution in [0.1, 0.15) is 21.1 Å². The van der Waals surface area contributed by atoms with Crippen LogP contribution in [0.3, 0.4) is 0 Å². The molecule has 0 aliphatic carbocycles. The lowest BCUT2D eigenvalue weighted by atomic mass is 10.1. The normalized spacial score (nSPS) is 11.1. The summed E-state index contributed by atoms with van der Waals surface area (Å²) in [6.07, 6.45) is 4.48. The molecule has 0 radical (unpaired) electrons. The number of hydrogen-bond donors (Lipinski definition) is 1. The number of hydrogen-bond acceptors (Lipinski definition) is 4. The van der Waals surface area contributed by atoms with Gasteiger partial charge in [0.2, 0.25) is 0 Å². The Bertz CT molecular complexity index is 620. The summed E-state index contributed by atoms with van der Waals surface area (Å²) in [5, 5.41) is 9.72. The maximum absolute atomic E-state index is 10.6. The largest absolute Gasteiger partial charge is 0.478 e. The molecule has 5 heteroatoms. The van der Waals surface area contributed by atoms with Gasteiger partial charge in [-0.2, -0.15) is 0 Å². The van der Waals surface area contributed by atoms with Crippen LogP contribution < -0.4 is 0 Å². The smallest absolute Gasteiger partial charge is 0.328 e. The van der Waals surface area contributed by atoms with E-state index in [2.05, 4.69) is 17.1 Å². The number of benzene rings is 1. The molecular formula is C16H17NO3S. The lowest BCUT2D eigenvalue weighted by Crippen LogP contribution is -1.93. The fourth-order valence-electron chi connectivity index (χ4n) is 1.93. The van der Waals surface area contributed by atoms with Gasteiger partial charge in [-0.25, -0.2) is 9.78 Å². The molecule has 0 bridgehead atoms. The number of thiazole rings is 1. The van der Waals surface area contributed by atoms with Gasteiger partial charge in [-0.15, -0.1) is 11.3 Å². The van der Waals surface area contributed by atoms with E-state index in [4.69, 9.17) is 9.84 Å². The van der Waals surface area contributed by atoms with Crippen molar-refractivity contribution < 1.29 is 14.6 Å². The maximum Gasteiger partial charge on any atom is 0.328 e. The summed E-state index contributed by atoms with van der Waals surface area (Å²) >= 11 is 1.52. The third-order valence-electron chi connectivity index (χ3n) is 2.90. The number of carboxylic acid groups (broad SMARTS) is 1. The van der Waals surface area contributed by atoms with Crippen LogP contribution in [0.15, 0.2) is 36.4 Å². The second kappa shape index (κ2) is 7.71. The number of aromatic nitrogens is 1. The van der Waals surface area contributed by atoms with E-state index in [1.807, 2.05) is 18.2 Å². The molecule has 1 aromatic carbocycles. The van der Waals surface area contributed by atoms with Crippen LogP contribution in [-0.2, 0) is 29.0 Å². The molecule has 0 fully saturated rings. The van der Waals surface area contributed by atoms with Crippen molar-refractivity contribution in [2.45, 2.75) is 19.4 Å². The molecule has 1 aromatic heterocycles. The van der Waals surface area contributed by atoms with Gasteiger partial charge in [-0.3, -0.25) is 0 Å². The van der Waals surface area contributed by atoms with Crippen LogP contribution in [0.2, 0.25) is 0 Å². The number of aryl methyl sites for hydroxylation is 2. The lowest BCUT2D eigenvalue weighted by Gasteiger charge is -1.97. The van der Waals surface area contributed by atoms with E-state index in [-0.39, 0.29) is 0 Å².